The number of fused-ring (bicyclic) bond motifs is 1. The summed E-state index contributed by atoms with van der Waals surface area (Å²) < 4.78 is 31.0. The molecular weight excluding hydrogens is 314 g/mol. The molecule has 130 valence electrons. The van der Waals surface area contributed by atoms with Crippen LogP contribution in [0.25, 0.3) is 0 Å². The highest BCUT2D eigenvalue weighted by Crippen LogP contribution is 2.40. The number of unbranched alkanes of at least 4 members (excludes halogenated alkanes) is 1. The summed E-state index contributed by atoms with van der Waals surface area (Å²) in [6.45, 7) is 6.08. The first-order valence-corrected chi connectivity index (χ1v) is 9.85. The van der Waals surface area contributed by atoms with Gasteiger partial charge in [0.2, 0.25) is 0 Å². The molecule has 0 fully saturated rings. The normalized spacial score (nSPS) is 26.3. The van der Waals surface area contributed by atoms with Crippen LogP contribution in [0.3, 0.4) is 0 Å². The molecular formula is C17H27NO4S. The first kappa shape index (κ1) is 18.1. The van der Waals surface area contributed by atoms with Gasteiger partial charge in [0.1, 0.15) is 0 Å². The van der Waals surface area contributed by atoms with Crippen LogP contribution in [0, 0.1) is 0 Å². The minimum atomic E-state index is -3.46. The molecule has 0 aliphatic carbocycles. The minimum Gasteiger partial charge on any atom is -0.504 e. The second-order valence-electron chi connectivity index (χ2n) is 6.42. The lowest BCUT2D eigenvalue weighted by Crippen LogP contribution is -2.49. The zero-order valence-corrected chi connectivity index (χ0v) is 15.2. The molecule has 0 amide bonds. The fraction of sp³-hybridized carbons (Fsp3) is 0.647. The van der Waals surface area contributed by atoms with Gasteiger partial charge in [0.15, 0.2) is 21.3 Å². The number of methoxy groups -OCH3 is 1. The highest BCUT2D eigenvalue weighted by Gasteiger charge is 2.40. The molecule has 2 atom stereocenters. The molecule has 1 aliphatic rings. The molecule has 0 radical (unpaired) electrons. The molecule has 2 rings (SSSR count). The summed E-state index contributed by atoms with van der Waals surface area (Å²) in [5.74, 6) is 0.228. The number of rotatable bonds is 5. The van der Waals surface area contributed by atoms with E-state index in [0.717, 1.165) is 25.7 Å². The van der Waals surface area contributed by atoms with Crippen LogP contribution >= 0.6 is 0 Å². The second kappa shape index (κ2) is 6.69. The van der Waals surface area contributed by atoms with Crippen LogP contribution in [0.15, 0.2) is 17.0 Å². The van der Waals surface area contributed by atoms with E-state index in [-0.39, 0.29) is 28.2 Å². The standard InChI is InChI=1S/C17H27NO4S/c1-5-7-8-17(6-2)11-23(20,21)16-10-15(22-4)14(19)9-13(16)12(3)18-17/h9-10,12,18-19H,5-8,11H2,1-4H3. The maximum atomic E-state index is 13.0. The number of phenolic OH excluding ortho intramolecular Hbond substituents is 1. The molecule has 0 aromatic heterocycles. The number of nitrogens with one attached hydrogen (secondary N) is 1. The molecule has 23 heavy (non-hydrogen) atoms. The van der Waals surface area contributed by atoms with E-state index in [1.165, 1.54) is 19.2 Å². The number of hydrogen-bond donors (Lipinski definition) is 2. The van der Waals surface area contributed by atoms with Crippen LogP contribution in [0.1, 0.15) is 58.1 Å². The number of ether oxygens (including phenoxy) is 1. The second-order valence-corrected chi connectivity index (χ2v) is 8.38. The van der Waals surface area contributed by atoms with Crippen molar-refractivity contribution >= 4 is 9.84 Å². The van der Waals surface area contributed by atoms with Crippen molar-refractivity contribution in [1.29, 1.82) is 0 Å². The van der Waals surface area contributed by atoms with Crippen LogP contribution in [-0.4, -0.2) is 31.9 Å². The van der Waals surface area contributed by atoms with E-state index in [4.69, 9.17) is 4.74 Å². The lowest BCUT2D eigenvalue weighted by Gasteiger charge is -2.34. The molecule has 0 bridgehead atoms. The van der Waals surface area contributed by atoms with Crippen molar-refractivity contribution in [2.75, 3.05) is 12.9 Å². The lowest BCUT2D eigenvalue weighted by molar-refractivity contribution is 0.287. The van der Waals surface area contributed by atoms with E-state index >= 15 is 0 Å². The van der Waals surface area contributed by atoms with Crippen LogP contribution in [0.5, 0.6) is 11.5 Å². The topological polar surface area (TPSA) is 75.6 Å². The number of aromatic hydroxyl groups is 1. The van der Waals surface area contributed by atoms with Gasteiger partial charge in [-0.1, -0.05) is 26.7 Å². The highest BCUT2D eigenvalue weighted by molar-refractivity contribution is 7.91. The Labute approximate surface area is 139 Å². The molecule has 0 saturated heterocycles. The highest BCUT2D eigenvalue weighted by atomic mass is 32.2. The van der Waals surface area contributed by atoms with Gasteiger partial charge < -0.3 is 15.2 Å². The van der Waals surface area contributed by atoms with Crippen molar-refractivity contribution in [2.24, 2.45) is 0 Å². The minimum absolute atomic E-state index is 0.0346. The summed E-state index contributed by atoms with van der Waals surface area (Å²) in [5, 5.41) is 13.5. The zero-order valence-electron chi connectivity index (χ0n) is 14.3. The largest absolute Gasteiger partial charge is 0.504 e. The lowest BCUT2D eigenvalue weighted by atomic mass is 9.90. The third kappa shape index (κ3) is 3.48. The van der Waals surface area contributed by atoms with Gasteiger partial charge in [0.05, 0.1) is 17.8 Å². The van der Waals surface area contributed by atoms with Gasteiger partial charge in [-0.25, -0.2) is 8.42 Å². The van der Waals surface area contributed by atoms with Crippen LogP contribution in [0.2, 0.25) is 0 Å². The molecule has 2 unspecified atom stereocenters. The van der Waals surface area contributed by atoms with Crippen molar-refractivity contribution < 1.29 is 18.3 Å². The number of benzene rings is 1. The van der Waals surface area contributed by atoms with Crippen molar-refractivity contribution in [3.05, 3.63) is 17.7 Å². The monoisotopic (exact) mass is 341 g/mol. The summed E-state index contributed by atoms with van der Waals surface area (Å²) in [6.07, 6.45) is 3.57. The predicted molar refractivity (Wildman–Crippen MR) is 90.8 cm³/mol. The van der Waals surface area contributed by atoms with E-state index in [1.54, 1.807) is 0 Å². The Bertz CT molecular complexity index is 671. The Balaban J connectivity index is 2.57. The van der Waals surface area contributed by atoms with Gasteiger partial charge in [0, 0.05) is 17.6 Å². The van der Waals surface area contributed by atoms with Crippen molar-refractivity contribution in [3.8, 4) is 11.5 Å². The third-order valence-corrected chi connectivity index (χ3v) is 6.74. The number of phenols is 1. The van der Waals surface area contributed by atoms with Gasteiger partial charge in [-0.3, -0.25) is 0 Å². The maximum Gasteiger partial charge on any atom is 0.180 e. The molecule has 1 aliphatic heterocycles. The molecule has 1 heterocycles. The van der Waals surface area contributed by atoms with E-state index in [2.05, 4.69) is 12.2 Å². The van der Waals surface area contributed by atoms with Crippen molar-refractivity contribution in [2.45, 2.75) is 62.9 Å². The Kier molecular flexibility index (Phi) is 5.26. The summed E-state index contributed by atoms with van der Waals surface area (Å²) in [4.78, 5) is 0.263. The van der Waals surface area contributed by atoms with Crippen molar-refractivity contribution in [3.63, 3.8) is 0 Å². The fourth-order valence-electron chi connectivity index (χ4n) is 3.40. The average Bonchev–Trinajstić information content (AvgIpc) is 2.58. The number of hydrogen-bond acceptors (Lipinski definition) is 5. The molecule has 0 saturated carbocycles. The summed E-state index contributed by atoms with van der Waals surface area (Å²) >= 11 is 0. The van der Waals surface area contributed by atoms with Gasteiger partial charge >= 0.3 is 0 Å². The fourth-order valence-corrected chi connectivity index (χ4v) is 5.59. The zero-order chi connectivity index (χ0) is 17.3. The van der Waals surface area contributed by atoms with Gasteiger partial charge in [-0.05, 0) is 31.4 Å². The van der Waals surface area contributed by atoms with E-state index in [0.29, 0.717) is 5.56 Å². The Morgan fingerprint density at radius 3 is 2.65 bits per heavy atom. The molecule has 0 spiro atoms. The summed E-state index contributed by atoms with van der Waals surface area (Å²) in [6, 6.07) is 2.80. The SMILES string of the molecule is CCCCC1(CC)CS(=O)(=O)c2cc(OC)c(O)cc2C(C)N1. The van der Waals surface area contributed by atoms with Gasteiger partial charge in [-0.15, -0.1) is 0 Å². The van der Waals surface area contributed by atoms with Gasteiger partial charge in [-0.2, -0.15) is 0 Å². The van der Waals surface area contributed by atoms with Gasteiger partial charge in [0.25, 0.3) is 0 Å². The molecule has 1 aromatic carbocycles. The van der Waals surface area contributed by atoms with Crippen LogP contribution in [0.4, 0.5) is 0 Å². The van der Waals surface area contributed by atoms with Crippen LogP contribution < -0.4 is 10.1 Å². The molecule has 2 N–H and O–H groups in total. The van der Waals surface area contributed by atoms with E-state index in [1.807, 2.05) is 13.8 Å². The smallest absolute Gasteiger partial charge is 0.180 e. The predicted octanol–water partition coefficient (Wildman–Crippen LogP) is 3.18. The molecule has 5 nitrogen and oxygen atoms in total. The first-order valence-electron chi connectivity index (χ1n) is 8.20. The van der Waals surface area contributed by atoms with Crippen LogP contribution in [-0.2, 0) is 9.84 Å². The quantitative estimate of drug-likeness (QED) is 0.860. The average molecular weight is 341 g/mol. The van der Waals surface area contributed by atoms with E-state index < -0.39 is 15.4 Å². The molecule has 1 aromatic rings. The number of sulfone groups is 1. The Morgan fingerprint density at radius 1 is 1.39 bits per heavy atom. The molecule has 6 heteroatoms. The third-order valence-electron chi connectivity index (χ3n) is 4.79. The maximum absolute atomic E-state index is 13.0. The summed E-state index contributed by atoms with van der Waals surface area (Å²) in [5.41, 5.74) is 0.172. The first-order chi connectivity index (χ1) is 10.8. The van der Waals surface area contributed by atoms with E-state index in [9.17, 15) is 13.5 Å². The Morgan fingerprint density at radius 2 is 2.09 bits per heavy atom. The summed E-state index contributed by atoms with van der Waals surface area (Å²) in [7, 11) is -2.04. The Hall–Kier alpha value is -1.27. The van der Waals surface area contributed by atoms with Crippen molar-refractivity contribution in [1.82, 2.24) is 5.32 Å².